The summed E-state index contributed by atoms with van der Waals surface area (Å²) in [5.74, 6) is 0.797. The first kappa shape index (κ1) is 32.0. The Hall–Kier alpha value is -2.04. The standard InChI is InChI=1S/C31H53NO4/c1-27(2)19-15-12-10-8-6-4-3-5-7-9-11-13-18-26-36-29-23-21-28(22-24-29)31(35)32-25-17-14-16-20-30(33)34/h21-24,27H,3-20,25-26H2,1-2H3,(H,32,35)(H,33,34). The SMILES string of the molecule is CC(C)CCCCCCCCCCCCCCCOc1ccc(C(=O)NCCCCCC(=O)O)cc1. The van der Waals surface area contributed by atoms with Crippen LogP contribution >= 0.6 is 0 Å². The monoisotopic (exact) mass is 503 g/mol. The highest BCUT2D eigenvalue weighted by Crippen LogP contribution is 2.16. The summed E-state index contributed by atoms with van der Waals surface area (Å²) < 4.78 is 5.82. The van der Waals surface area contributed by atoms with Gasteiger partial charge in [-0.25, -0.2) is 0 Å². The lowest BCUT2D eigenvalue weighted by Crippen LogP contribution is -2.24. The molecular weight excluding hydrogens is 450 g/mol. The van der Waals surface area contributed by atoms with Gasteiger partial charge in [0.1, 0.15) is 5.75 Å². The van der Waals surface area contributed by atoms with E-state index in [4.69, 9.17) is 9.84 Å². The fourth-order valence-corrected chi connectivity index (χ4v) is 4.37. The molecule has 1 aromatic rings. The van der Waals surface area contributed by atoms with Crippen LogP contribution in [0.1, 0.15) is 140 Å². The molecule has 0 aliphatic rings. The number of hydrogen-bond donors (Lipinski definition) is 2. The van der Waals surface area contributed by atoms with Gasteiger partial charge in [-0.15, -0.1) is 0 Å². The predicted molar refractivity (Wildman–Crippen MR) is 150 cm³/mol. The third-order valence-electron chi connectivity index (χ3n) is 6.66. The second-order valence-corrected chi connectivity index (χ2v) is 10.6. The average Bonchev–Trinajstić information content (AvgIpc) is 2.85. The minimum absolute atomic E-state index is 0.100. The zero-order chi connectivity index (χ0) is 26.3. The van der Waals surface area contributed by atoms with Crippen LogP contribution in [0.25, 0.3) is 0 Å². The van der Waals surface area contributed by atoms with Gasteiger partial charge in [-0.05, 0) is 49.4 Å². The third kappa shape index (κ3) is 19.2. The Morgan fingerprint density at radius 2 is 1.22 bits per heavy atom. The summed E-state index contributed by atoms with van der Waals surface area (Å²) in [6.45, 7) is 5.92. The fourth-order valence-electron chi connectivity index (χ4n) is 4.37. The highest BCUT2D eigenvalue weighted by molar-refractivity contribution is 5.94. The first-order chi connectivity index (χ1) is 17.5. The summed E-state index contributed by atoms with van der Waals surface area (Å²) in [5, 5.41) is 11.5. The van der Waals surface area contributed by atoms with E-state index in [0.717, 1.165) is 37.5 Å². The van der Waals surface area contributed by atoms with E-state index in [1.54, 1.807) is 12.1 Å². The van der Waals surface area contributed by atoms with Crippen molar-refractivity contribution >= 4 is 11.9 Å². The molecule has 0 aliphatic carbocycles. The average molecular weight is 504 g/mol. The van der Waals surface area contributed by atoms with E-state index in [1.807, 2.05) is 12.1 Å². The minimum atomic E-state index is -0.768. The van der Waals surface area contributed by atoms with Crippen molar-refractivity contribution < 1.29 is 19.4 Å². The Morgan fingerprint density at radius 3 is 1.75 bits per heavy atom. The molecule has 0 atom stereocenters. The van der Waals surface area contributed by atoms with Crippen molar-refractivity contribution in [2.24, 2.45) is 5.92 Å². The van der Waals surface area contributed by atoms with Crippen LogP contribution in [0.2, 0.25) is 0 Å². The van der Waals surface area contributed by atoms with Gasteiger partial charge in [-0.3, -0.25) is 9.59 Å². The highest BCUT2D eigenvalue weighted by Gasteiger charge is 2.05. The first-order valence-corrected chi connectivity index (χ1v) is 14.7. The Morgan fingerprint density at radius 1 is 0.722 bits per heavy atom. The van der Waals surface area contributed by atoms with Crippen molar-refractivity contribution in [2.75, 3.05) is 13.2 Å². The Balaban J connectivity index is 1.92. The topological polar surface area (TPSA) is 75.6 Å². The van der Waals surface area contributed by atoms with Gasteiger partial charge >= 0.3 is 5.97 Å². The normalized spacial score (nSPS) is 11.1. The van der Waals surface area contributed by atoms with E-state index < -0.39 is 5.97 Å². The second kappa shape index (κ2) is 22.2. The second-order valence-electron chi connectivity index (χ2n) is 10.6. The van der Waals surface area contributed by atoms with E-state index >= 15 is 0 Å². The van der Waals surface area contributed by atoms with Crippen molar-refractivity contribution in [1.29, 1.82) is 0 Å². The predicted octanol–water partition coefficient (Wildman–Crippen LogP) is 8.56. The lowest BCUT2D eigenvalue weighted by atomic mass is 10.0. The number of aliphatic carboxylic acids is 1. The van der Waals surface area contributed by atoms with Gasteiger partial charge in [0, 0.05) is 18.5 Å². The molecule has 0 aliphatic heterocycles. The molecule has 1 aromatic carbocycles. The van der Waals surface area contributed by atoms with Gasteiger partial charge in [-0.1, -0.05) is 104 Å². The van der Waals surface area contributed by atoms with Gasteiger partial charge < -0.3 is 15.2 Å². The number of hydrogen-bond acceptors (Lipinski definition) is 3. The summed E-state index contributed by atoms with van der Waals surface area (Å²) in [7, 11) is 0. The number of carboxylic acids is 1. The smallest absolute Gasteiger partial charge is 0.303 e. The van der Waals surface area contributed by atoms with Crippen molar-refractivity contribution in [3.05, 3.63) is 29.8 Å². The van der Waals surface area contributed by atoms with E-state index in [1.165, 1.54) is 83.5 Å². The third-order valence-corrected chi connectivity index (χ3v) is 6.66. The summed E-state index contributed by atoms with van der Waals surface area (Å²) in [5.41, 5.74) is 0.620. The van der Waals surface area contributed by atoms with Crippen molar-refractivity contribution in [3.8, 4) is 5.75 Å². The van der Waals surface area contributed by atoms with Gasteiger partial charge in [-0.2, -0.15) is 0 Å². The Bertz CT molecular complexity index is 672. The highest BCUT2D eigenvalue weighted by atomic mass is 16.5. The zero-order valence-corrected chi connectivity index (χ0v) is 23.2. The van der Waals surface area contributed by atoms with Crippen LogP contribution < -0.4 is 10.1 Å². The lowest BCUT2D eigenvalue weighted by molar-refractivity contribution is -0.137. The van der Waals surface area contributed by atoms with E-state index in [2.05, 4.69) is 19.2 Å². The van der Waals surface area contributed by atoms with Gasteiger partial charge in [0.25, 0.3) is 5.91 Å². The Kier molecular flexibility index (Phi) is 19.7. The maximum absolute atomic E-state index is 12.2. The van der Waals surface area contributed by atoms with Crippen LogP contribution in [-0.2, 0) is 4.79 Å². The summed E-state index contributed by atoms with van der Waals surface area (Å²) >= 11 is 0. The molecule has 0 unspecified atom stereocenters. The molecule has 5 nitrogen and oxygen atoms in total. The number of carboxylic acid groups (broad SMARTS) is 1. The summed E-state index contributed by atoms with van der Waals surface area (Å²) in [6, 6.07) is 7.30. The first-order valence-electron chi connectivity index (χ1n) is 14.7. The number of nitrogens with one attached hydrogen (secondary N) is 1. The van der Waals surface area contributed by atoms with Crippen LogP contribution in [0.5, 0.6) is 5.75 Å². The number of benzene rings is 1. The molecule has 5 heteroatoms. The maximum atomic E-state index is 12.2. The molecule has 0 heterocycles. The van der Waals surface area contributed by atoms with Crippen molar-refractivity contribution in [2.45, 2.75) is 129 Å². The van der Waals surface area contributed by atoms with Crippen LogP contribution in [-0.4, -0.2) is 30.1 Å². The number of unbranched alkanes of at least 4 members (excludes halogenated alkanes) is 14. The molecule has 0 bridgehead atoms. The number of rotatable bonds is 24. The molecule has 0 fully saturated rings. The van der Waals surface area contributed by atoms with E-state index in [-0.39, 0.29) is 12.3 Å². The van der Waals surface area contributed by atoms with Gasteiger partial charge in [0.15, 0.2) is 0 Å². The largest absolute Gasteiger partial charge is 0.494 e. The number of carbonyl (C=O) groups excluding carboxylic acids is 1. The molecular formula is C31H53NO4. The molecule has 0 radical (unpaired) electrons. The molecule has 206 valence electrons. The molecule has 0 saturated heterocycles. The van der Waals surface area contributed by atoms with E-state index in [0.29, 0.717) is 18.5 Å². The Labute approximate surface area is 220 Å². The lowest BCUT2D eigenvalue weighted by Gasteiger charge is -2.08. The zero-order valence-electron chi connectivity index (χ0n) is 23.2. The van der Waals surface area contributed by atoms with Crippen LogP contribution in [0.15, 0.2) is 24.3 Å². The minimum Gasteiger partial charge on any atom is -0.494 e. The summed E-state index contributed by atoms with van der Waals surface area (Å²) in [6.07, 6.45) is 21.4. The number of ether oxygens (including phenoxy) is 1. The van der Waals surface area contributed by atoms with Crippen LogP contribution in [0, 0.1) is 5.92 Å². The molecule has 0 aromatic heterocycles. The quantitative estimate of drug-likeness (QED) is 0.139. The molecule has 36 heavy (non-hydrogen) atoms. The molecule has 1 rings (SSSR count). The van der Waals surface area contributed by atoms with Crippen molar-refractivity contribution in [1.82, 2.24) is 5.32 Å². The summed E-state index contributed by atoms with van der Waals surface area (Å²) in [4.78, 5) is 22.7. The van der Waals surface area contributed by atoms with Crippen LogP contribution in [0.4, 0.5) is 0 Å². The van der Waals surface area contributed by atoms with E-state index in [9.17, 15) is 9.59 Å². The molecule has 1 amide bonds. The molecule has 0 saturated carbocycles. The fraction of sp³-hybridized carbons (Fsp3) is 0.742. The maximum Gasteiger partial charge on any atom is 0.303 e. The molecule has 0 spiro atoms. The van der Waals surface area contributed by atoms with Crippen molar-refractivity contribution in [3.63, 3.8) is 0 Å². The number of amides is 1. The van der Waals surface area contributed by atoms with Gasteiger partial charge in [0.05, 0.1) is 6.61 Å². The van der Waals surface area contributed by atoms with Crippen LogP contribution in [0.3, 0.4) is 0 Å². The molecule has 2 N–H and O–H groups in total. The number of carbonyl (C=O) groups is 2. The van der Waals surface area contributed by atoms with Gasteiger partial charge in [0.2, 0.25) is 0 Å².